The molecular weight excluding hydrogens is 408 g/mol. The minimum atomic E-state index is -0.429. The molecular formula is C23H24N6O3. The highest BCUT2D eigenvalue weighted by molar-refractivity contribution is 5.89. The average molecular weight is 432 g/mol. The number of anilines is 2. The molecule has 1 saturated heterocycles. The number of ether oxygens (including phenoxy) is 2. The third-order valence-corrected chi connectivity index (χ3v) is 6.00. The first-order valence-electron chi connectivity index (χ1n) is 10.8. The van der Waals surface area contributed by atoms with Crippen LogP contribution in [0.2, 0.25) is 0 Å². The highest BCUT2D eigenvalue weighted by atomic mass is 16.6. The number of benzene rings is 1. The zero-order valence-corrected chi connectivity index (χ0v) is 17.6. The van der Waals surface area contributed by atoms with Crippen molar-refractivity contribution in [3.05, 3.63) is 60.8 Å². The average Bonchev–Trinajstić information content (AvgIpc) is 3.16. The summed E-state index contributed by atoms with van der Waals surface area (Å²) < 4.78 is 11.5. The number of nitrogens with zero attached hydrogens (tertiary/aromatic N) is 5. The number of aromatic nitrogens is 4. The predicted molar refractivity (Wildman–Crippen MR) is 118 cm³/mol. The van der Waals surface area contributed by atoms with E-state index in [0.717, 1.165) is 38.0 Å². The molecule has 0 bridgehead atoms. The van der Waals surface area contributed by atoms with Crippen LogP contribution in [0.15, 0.2) is 60.8 Å². The molecule has 32 heavy (non-hydrogen) atoms. The van der Waals surface area contributed by atoms with Crippen molar-refractivity contribution in [3.63, 3.8) is 0 Å². The number of rotatable bonds is 6. The lowest BCUT2D eigenvalue weighted by Crippen LogP contribution is -2.39. The van der Waals surface area contributed by atoms with Crippen molar-refractivity contribution in [1.82, 2.24) is 20.4 Å². The van der Waals surface area contributed by atoms with Crippen LogP contribution in [0.5, 0.6) is 11.6 Å². The zero-order chi connectivity index (χ0) is 21.8. The zero-order valence-electron chi connectivity index (χ0n) is 17.6. The molecule has 1 aliphatic heterocycles. The van der Waals surface area contributed by atoms with Crippen LogP contribution in [0.3, 0.4) is 0 Å². The maximum Gasteiger partial charge on any atom is 0.416 e. The molecule has 0 unspecified atom stereocenters. The standard InChI is InChI=1S/C23H24N6O3/c30-22-29(20-7-4-14-25-27-20)16-23(32-22)12-10-17(11-13-23)15-24-19-8-9-21(28-26-19)31-18-5-2-1-3-6-18/h1-9,14,17H,10-13,15-16H2,(H,24,26)/t17-,23-. The Bertz CT molecular complexity index is 1040. The minimum absolute atomic E-state index is 0.338. The second-order valence-electron chi connectivity index (χ2n) is 8.22. The number of amides is 1. The lowest BCUT2D eigenvalue weighted by atomic mass is 9.78. The fourth-order valence-corrected chi connectivity index (χ4v) is 4.23. The van der Waals surface area contributed by atoms with E-state index in [2.05, 4.69) is 25.7 Å². The maximum absolute atomic E-state index is 12.4. The van der Waals surface area contributed by atoms with E-state index in [4.69, 9.17) is 9.47 Å². The van der Waals surface area contributed by atoms with Gasteiger partial charge in [-0.2, -0.15) is 5.10 Å². The normalized spacial score (nSPS) is 22.6. The van der Waals surface area contributed by atoms with Crippen LogP contribution in [0.25, 0.3) is 0 Å². The monoisotopic (exact) mass is 432 g/mol. The molecule has 1 spiro atoms. The van der Waals surface area contributed by atoms with E-state index in [9.17, 15) is 4.79 Å². The molecule has 164 valence electrons. The molecule has 0 radical (unpaired) electrons. The van der Waals surface area contributed by atoms with Crippen LogP contribution in [0.1, 0.15) is 25.7 Å². The first-order chi connectivity index (χ1) is 15.7. The van der Waals surface area contributed by atoms with E-state index in [1.54, 1.807) is 29.3 Å². The summed E-state index contributed by atoms with van der Waals surface area (Å²) in [6.07, 6.45) is 4.85. The van der Waals surface area contributed by atoms with Gasteiger partial charge in [0, 0.05) is 18.8 Å². The number of nitrogens with one attached hydrogen (secondary N) is 1. The molecule has 1 saturated carbocycles. The van der Waals surface area contributed by atoms with Gasteiger partial charge < -0.3 is 14.8 Å². The van der Waals surface area contributed by atoms with Gasteiger partial charge in [0.25, 0.3) is 0 Å². The largest absolute Gasteiger partial charge is 0.441 e. The molecule has 1 N–H and O–H groups in total. The smallest absolute Gasteiger partial charge is 0.416 e. The SMILES string of the molecule is O=C1O[C@]2(CC[C@H](CNc3ccc(Oc4ccccc4)nn3)CC2)CN1c1cccnn1. The lowest BCUT2D eigenvalue weighted by molar-refractivity contribution is 0.0148. The van der Waals surface area contributed by atoms with E-state index in [1.165, 1.54) is 0 Å². The maximum atomic E-state index is 12.4. The van der Waals surface area contributed by atoms with Gasteiger partial charge in [-0.05, 0) is 61.9 Å². The van der Waals surface area contributed by atoms with Crippen molar-refractivity contribution in [3.8, 4) is 11.6 Å². The molecule has 9 nitrogen and oxygen atoms in total. The van der Waals surface area contributed by atoms with Crippen molar-refractivity contribution in [2.45, 2.75) is 31.3 Å². The number of carbonyl (C=O) groups excluding carboxylic acids is 1. The van der Waals surface area contributed by atoms with E-state index >= 15 is 0 Å². The number of carbonyl (C=O) groups is 1. The summed E-state index contributed by atoms with van der Waals surface area (Å²) in [5.41, 5.74) is -0.429. The summed E-state index contributed by atoms with van der Waals surface area (Å²) in [7, 11) is 0. The van der Waals surface area contributed by atoms with Gasteiger partial charge in [-0.25, -0.2) is 4.79 Å². The predicted octanol–water partition coefficient (Wildman–Crippen LogP) is 4.06. The van der Waals surface area contributed by atoms with Crippen LogP contribution in [-0.2, 0) is 4.74 Å². The Morgan fingerprint density at radius 2 is 1.88 bits per heavy atom. The van der Waals surface area contributed by atoms with Crippen molar-refractivity contribution in [1.29, 1.82) is 0 Å². The minimum Gasteiger partial charge on any atom is -0.441 e. The summed E-state index contributed by atoms with van der Waals surface area (Å²) >= 11 is 0. The second kappa shape index (κ2) is 8.78. The summed E-state index contributed by atoms with van der Waals surface area (Å²) in [6, 6.07) is 16.7. The Morgan fingerprint density at radius 1 is 1.03 bits per heavy atom. The molecule has 3 heterocycles. The van der Waals surface area contributed by atoms with Gasteiger partial charge in [0.15, 0.2) is 5.82 Å². The molecule has 2 fully saturated rings. The van der Waals surface area contributed by atoms with Crippen molar-refractivity contribution in [2.75, 3.05) is 23.3 Å². The lowest BCUT2D eigenvalue weighted by Gasteiger charge is -2.35. The van der Waals surface area contributed by atoms with Gasteiger partial charge in [0.05, 0.1) is 6.54 Å². The highest BCUT2D eigenvalue weighted by Gasteiger charge is 2.48. The first-order valence-corrected chi connectivity index (χ1v) is 10.8. The molecule has 2 aromatic heterocycles. The Balaban J connectivity index is 1.11. The Kier molecular flexibility index (Phi) is 5.53. The van der Waals surface area contributed by atoms with Crippen molar-refractivity contribution < 1.29 is 14.3 Å². The van der Waals surface area contributed by atoms with Gasteiger partial charge in [0.1, 0.15) is 17.2 Å². The summed E-state index contributed by atoms with van der Waals surface area (Å²) in [4.78, 5) is 14.0. The van der Waals surface area contributed by atoms with Crippen LogP contribution in [0.4, 0.5) is 16.4 Å². The van der Waals surface area contributed by atoms with Gasteiger partial charge >= 0.3 is 6.09 Å². The van der Waals surface area contributed by atoms with Crippen molar-refractivity contribution in [2.24, 2.45) is 5.92 Å². The third-order valence-electron chi connectivity index (χ3n) is 6.00. The molecule has 9 heteroatoms. The number of hydrogen-bond acceptors (Lipinski definition) is 8. The Hall–Kier alpha value is -3.75. The van der Waals surface area contributed by atoms with Crippen LogP contribution in [-0.4, -0.2) is 45.2 Å². The molecule has 5 rings (SSSR count). The van der Waals surface area contributed by atoms with Gasteiger partial charge in [-0.1, -0.05) is 18.2 Å². The summed E-state index contributed by atoms with van der Waals surface area (Å²) in [5.74, 6) is 2.91. The van der Waals surface area contributed by atoms with E-state index in [-0.39, 0.29) is 6.09 Å². The van der Waals surface area contributed by atoms with Crippen LogP contribution >= 0.6 is 0 Å². The van der Waals surface area contributed by atoms with Crippen LogP contribution < -0.4 is 15.0 Å². The van der Waals surface area contributed by atoms with Crippen LogP contribution in [0, 0.1) is 5.92 Å². The van der Waals surface area contributed by atoms with Gasteiger partial charge in [-0.15, -0.1) is 15.3 Å². The third kappa shape index (κ3) is 4.46. The molecule has 2 aliphatic rings. The highest BCUT2D eigenvalue weighted by Crippen LogP contribution is 2.40. The first kappa shape index (κ1) is 20.2. The fourth-order valence-electron chi connectivity index (χ4n) is 4.23. The van der Waals surface area contributed by atoms with Gasteiger partial charge in [-0.3, -0.25) is 4.90 Å². The molecule has 1 aromatic carbocycles. The second-order valence-corrected chi connectivity index (χ2v) is 8.22. The molecule has 0 atom stereocenters. The topological polar surface area (TPSA) is 102 Å². The molecule has 1 amide bonds. The number of hydrogen-bond donors (Lipinski definition) is 1. The molecule has 1 aliphatic carbocycles. The van der Waals surface area contributed by atoms with E-state index in [1.807, 2.05) is 36.4 Å². The quantitative estimate of drug-likeness (QED) is 0.622. The molecule has 3 aromatic rings. The fraction of sp³-hybridized carbons (Fsp3) is 0.348. The van der Waals surface area contributed by atoms with Gasteiger partial charge in [0.2, 0.25) is 5.88 Å². The van der Waals surface area contributed by atoms with E-state index in [0.29, 0.717) is 30.0 Å². The Morgan fingerprint density at radius 3 is 2.59 bits per heavy atom. The van der Waals surface area contributed by atoms with E-state index < -0.39 is 5.60 Å². The summed E-state index contributed by atoms with van der Waals surface area (Å²) in [6.45, 7) is 1.32. The summed E-state index contributed by atoms with van der Waals surface area (Å²) in [5, 5.41) is 19.6. The van der Waals surface area contributed by atoms with Crippen molar-refractivity contribution >= 4 is 17.7 Å². The number of para-hydroxylation sites is 1. The Labute approximate surface area is 185 Å².